The molecule has 1 heterocycles. The summed E-state index contributed by atoms with van der Waals surface area (Å²) < 4.78 is 5.12. The summed E-state index contributed by atoms with van der Waals surface area (Å²) in [6.45, 7) is 8.47. The van der Waals surface area contributed by atoms with Crippen LogP contribution >= 0.6 is 0 Å². The van der Waals surface area contributed by atoms with Crippen LogP contribution in [0.15, 0.2) is 24.3 Å². The maximum atomic E-state index is 12.4. The number of rotatable bonds is 6. The lowest BCUT2D eigenvalue weighted by Gasteiger charge is -2.28. The molecule has 0 saturated carbocycles. The lowest BCUT2D eigenvalue weighted by molar-refractivity contribution is -0.899. The third-order valence-electron chi connectivity index (χ3n) is 4.51. The van der Waals surface area contributed by atoms with Crippen LogP contribution in [-0.4, -0.2) is 38.1 Å². The number of carbonyl (C=O) groups is 2. The van der Waals surface area contributed by atoms with Crippen LogP contribution in [0.4, 0.5) is 5.69 Å². The van der Waals surface area contributed by atoms with Crippen LogP contribution in [0, 0.1) is 5.92 Å². The number of carbonyl (C=O) groups excluding carboxylic acids is 2. The minimum absolute atomic E-state index is 0.00242. The van der Waals surface area contributed by atoms with Gasteiger partial charge in [0.15, 0.2) is 6.54 Å². The molecule has 132 valence electrons. The van der Waals surface area contributed by atoms with Gasteiger partial charge >= 0.3 is 5.97 Å². The fourth-order valence-corrected chi connectivity index (χ4v) is 3.31. The second-order valence-electron chi connectivity index (χ2n) is 6.76. The summed E-state index contributed by atoms with van der Waals surface area (Å²) in [5.41, 5.74) is 2.03. The largest absolute Gasteiger partial charge is 0.466 e. The van der Waals surface area contributed by atoms with E-state index in [1.807, 2.05) is 31.2 Å². The third-order valence-corrected chi connectivity index (χ3v) is 4.51. The van der Waals surface area contributed by atoms with Gasteiger partial charge in [-0.05, 0) is 37.3 Å². The van der Waals surface area contributed by atoms with Crippen molar-refractivity contribution in [2.45, 2.75) is 39.5 Å². The van der Waals surface area contributed by atoms with Crippen molar-refractivity contribution in [2.24, 2.45) is 5.92 Å². The maximum Gasteiger partial charge on any atom is 0.314 e. The minimum Gasteiger partial charge on any atom is -0.466 e. The van der Waals surface area contributed by atoms with Gasteiger partial charge in [0.05, 0.1) is 19.7 Å². The number of quaternary nitrogens is 1. The summed E-state index contributed by atoms with van der Waals surface area (Å²) in [6, 6.07) is 7.92. The van der Waals surface area contributed by atoms with Crippen LogP contribution in [0.5, 0.6) is 0 Å². The van der Waals surface area contributed by atoms with E-state index in [4.69, 9.17) is 4.74 Å². The first kappa shape index (κ1) is 18.5. The van der Waals surface area contributed by atoms with Gasteiger partial charge < -0.3 is 15.0 Å². The van der Waals surface area contributed by atoms with Gasteiger partial charge in [-0.1, -0.05) is 32.0 Å². The molecule has 0 radical (unpaired) electrons. The minimum atomic E-state index is -0.125. The van der Waals surface area contributed by atoms with Crippen LogP contribution in [-0.2, 0) is 14.3 Å². The van der Waals surface area contributed by atoms with Crippen molar-refractivity contribution in [3.8, 4) is 0 Å². The van der Waals surface area contributed by atoms with Gasteiger partial charge in [0.2, 0.25) is 0 Å². The molecule has 1 fully saturated rings. The number of nitrogens with one attached hydrogen (secondary N) is 2. The average molecular weight is 333 g/mol. The first-order chi connectivity index (χ1) is 11.5. The van der Waals surface area contributed by atoms with Gasteiger partial charge in [-0.25, -0.2) is 0 Å². The zero-order valence-corrected chi connectivity index (χ0v) is 14.9. The molecule has 1 aromatic rings. The predicted octanol–water partition coefficient (Wildman–Crippen LogP) is 1.61. The number of anilines is 1. The standard InChI is InChI=1S/C19H28N2O3/c1-4-24-19(23)15-8-7-11-21(12-15)13-18(22)20-17-10-6-5-9-16(17)14(2)3/h5-6,9-10,14-15H,4,7-8,11-13H2,1-3H3,(H,20,22)/p+1/t15-/m1/s1. The van der Waals surface area contributed by atoms with E-state index in [0.29, 0.717) is 25.6 Å². The number of hydrogen-bond acceptors (Lipinski definition) is 3. The second-order valence-corrected chi connectivity index (χ2v) is 6.76. The highest BCUT2D eigenvalue weighted by molar-refractivity contribution is 5.92. The molecular formula is C19H29N2O3+. The van der Waals surface area contributed by atoms with Gasteiger partial charge in [0.1, 0.15) is 5.92 Å². The van der Waals surface area contributed by atoms with Crippen molar-refractivity contribution in [2.75, 3.05) is 31.6 Å². The molecule has 0 spiro atoms. The Kier molecular flexibility index (Phi) is 6.79. The Hall–Kier alpha value is -1.88. The first-order valence-corrected chi connectivity index (χ1v) is 8.90. The molecule has 5 nitrogen and oxygen atoms in total. The topological polar surface area (TPSA) is 59.8 Å². The Morgan fingerprint density at radius 3 is 2.79 bits per heavy atom. The number of amides is 1. The molecule has 1 saturated heterocycles. The van der Waals surface area contributed by atoms with Gasteiger partial charge in [-0.3, -0.25) is 9.59 Å². The Balaban J connectivity index is 1.91. The Morgan fingerprint density at radius 1 is 1.33 bits per heavy atom. The zero-order valence-electron chi connectivity index (χ0n) is 14.9. The number of benzene rings is 1. The molecule has 2 rings (SSSR count). The summed E-state index contributed by atoms with van der Waals surface area (Å²) in [5.74, 6) is 0.157. The maximum absolute atomic E-state index is 12.4. The van der Waals surface area contributed by atoms with E-state index >= 15 is 0 Å². The van der Waals surface area contributed by atoms with Crippen molar-refractivity contribution in [1.29, 1.82) is 0 Å². The molecule has 5 heteroatoms. The fourth-order valence-electron chi connectivity index (χ4n) is 3.31. The Labute approximate surface area is 144 Å². The quantitative estimate of drug-likeness (QED) is 0.778. The average Bonchev–Trinajstić information content (AvgIpc) is 2.55. The smallest absolute Gasteiger partial charge is 0.314 e. The van der Waals surface area contributed by atoms with E-state index in [2.05, 4.69) is 19.2 Å². The van der Waals surface area contributed by atoms with Gasteiger partial charge in [-0.2, -0.15) is 0 Å². The van der Waals surface area contributed by atoms with E-state index in [9.17, 15) is 9.59 Å². The molecule has 2 N–H and O–H groups in total. The van der Waals surface area contributed by atoms with Crippen molar-refractivity contribution in [1.82, 2.24) is 0 Å². The van der Waals surface area contributed by atoms with Gasteiger partial charge in [0.25, 0.3) is 5.91 Å². The third kappa shape index (κ3) is 5.06. The predicted molar refractivity (Wildman–Crippen MR) is 94.1 cm³/mol. The van der Waals surface area contributed by atoms with E-state index < -0.39 is 0 Å². The van der Waals surface area contributed by atoms with E-state index in [1.165, 1.54) is 0 Å². The van der Waals surface area contributed by atoms with Crippen molar-refractivity contribution < 1.29 is 19.2 Å². The molecule has 1 aliphatic heterocycles. The molecule has 2 atom stereocenters. The van der Waals surface area contributed by atoms with Crippen LogP contribution < -0.4 is 10.2 Å². The highest BCUT2D eigenvalue weighted by atomic mass is 16.5. The number of esters is 1. The van der Waals surface area contributed by atoms with Gasteiger partial charge in [-0.15, -0.1) is 0 Å². The highest BCUT2D eigenvalue weighted by Crippen LogP contribution is 2.23. The SMILES string of the molecule is CCOC(=O)[C@@H]1CCC[NH+](CC(=O)Nc2ccccc2C(C)C)C1. The van der Waals surface area contributed by atoms with E-state index in [0.717, 1.165) is 35.5 Å². The van der Waals surface area contributed by atoms with Crippen molar-refractivity contribution >= 4 is 17.6 Å². The Bertz CT molecular complexity index is 571. The Morgan fingerprint density at radius 2 is 2.08 bits per heavy atom. The molecular weight excluding hydrogens is 304 g/mol. The molecule has 0 bridgehead atoms. The summed E-state index contributed by atoms with van der Waals surface area (Å²) in [7, 11) is 0. The highest BCUT2D eigenvalue weighted by Gasteiger charge is 2.30. The van der Waals surface area contributed by atoms with E-state index in [-0.39, 0.29) is 17.8 Å². The van der Waals surface area contributed by atoms with Crippen LogP contribution in [0.1, 0.15) is 45.1 Å². The molecule has 1 amide bonds. The fraction of sp³-hybridized carbons (Fsp3) is 0.579. The number of likely N-dealkylation sites (tertiary alicyclic amines) is 1. The normalized spacial score (nSPS) is 20.7. The monoisotopic (exact) mass is 333 g/mol. The van der Waals surface area contributed by atoms with Gasteiger partial charge in [0, 0.05) is 5.69 Å². The number of para-hydroxylation sites is 1. The zero-order chi connectivity index (χ0) is 17.5. The lowest BCUT2D eigenvalue weighted by Crippen LogP contribution is -3.14. The molecule has 1 aromatic carbocycles. The molecule has 24 heavy (non-hydrogen) atoms. The van der Waals surface area contributed by atoms with Crippen LogP contribution in [0.25, 0.3) is 0 Å². The van der Waals surface area contributed by atoms with E-state index in [1.54, 1.807) is 0 Å². The molecule has 1 unspecified atom stereocenters. The first-order valence-electron chi connectivity index (χ1n) is 8.90. The summed E-state index contributed by atoms with van der Waals surface area (Å²) in [6.07, 6.45) is 1.81. The number of ether oxygens (including phenoxy) is 1. The van der Waals surface area contributed by atoms with Crippen molar-refractivity contribution in [3.05, 3.63) is 29.8 Å². The summed E-state index contributed by atoms with van der Waals surface area (Å²) >= 11 is 0. The number of piperidine rings is 1. The summed E-state index contributed by atoms with van der Waals surface area (Å²) in [4.78, 5) is 25.5. The van der Waals surface area contributed by atoms with Crippen LogP contribution in [0.3, 0.4) is 0 Å². The lowest BCUT2D eigenvalue weighted by atomic mass is 9.98. The van der Waals surface area contributed by atoms with Crippen LogP contribution in [0.2, 0.25) is 0 Å². The summed E-state index contributed by atoms with van der Waals surface area (Å²) in [5, 5.41) is 3.03. The second kappa shape index (κ2) is 8.83. The molecule has 0 aliphatic carbocycles. The molecule has 1 aliphatic rings. The molecule has 0 aromatic heterocycles. The van der Waals surface area contributed by atoms with Crippen molar-refractivity contribution in [3.63, 3.8) is 0 Å². The number of hydrogen-bond donors (Lipinski definition) is 2.